The van der Waals surface area contributed by atoms with Gasteiger partial charge >= 0.3 is 0 Å². The summed E-state index contributed by atoms with van der Waals surface area (Å²) in [7, 11) is 0. The van der Waals surface area contributed by atoms with E-state index in [2.05, 4.69) is 15.6 Å². The van der Waals surface area contributed by atoms with E-state index in [0.717, 1.165) is 25.7 Å². The first kappa shape index (κ1) is 22.9. The third kappa shape index (κ3) is 5.37. The quantitative estimate of drug-likeness (QED) is 0.334. The van der Waals surface area contributed by atoms with Crippen LogP contribution < -0.4 is 16.4 Å². The van der Waals surface area contributed by atoms with Gasteiger partial charge in [0.25, 0.3) is 5.91 Å². The molecular formula is C25H26ClFN4O2. The van der Waals surface area contributed by atoms with Crippen molar-refractivity contribution in [3.05, 3.63) is 64.7 Å². The van der Waals surface area contributed by atoms with E-state index in [9.17, 15) is 14.3 Å². The molecule has 0 spiro atoms. The van der Waals surface area contributed by atoms with Crippen LogP contribution >= 0.6 is 11.6 Å². The number of amides is 1. The standard InChI is InChI=1S/C25H26ClFN4O2/c26-16-6-9-21(15(12-16)14-27)29-18-7-11-23(32)20(13-18)22-10-8-19(24(28)31-22)25(33)30-17-4-2-1-3-5-17/h6-13,17,29,32H,1-5,14H2,(H2,28,31)(H,30,33). The largest absolute Gasteiger partial charge is 0.507 e. The topological polar surface area (TPSA) is 100 Å². The lowest BCUT2D eigenvalue weighted by atomic mass is 9.95. The van der Waals surface area contributed by atoms with E-state index in [1.807, 2.05) is 0 Å². The number of nitrogens with two attached hydrogens (primary N) is 1. The smallest absolute Gasteiger partial charge is 0.255 e. The van der Waals surface area contributed by atoms with E-state index in [4.69, 9.17) is 17.3 Å². The number of anilines is 3. The van der Waals surface area contributed by atoms with Crippen molar-refractivity contribution < 1.29 is 14.3 Å². The van der Waals surface area contributed by atoms with Crippen molar-refractivity contribution in [2.45, 2.75) is 44.8 Å². The number of hydrogen-bond acceptors (Lipinski definition) is 5. The maximum atomic E-state index is 13.4. The summed E-state index contributed by atoms with van der Waals surface area (Å²) in [5, 5.41) is 17.0. The summed E-state index contributed by atoms with van der Waals surface area (Å²) in [6, 6.07) is 13.2. The molecule has 5 N–H and O–H groups in total. The number of rotatable bonds is 6. The Balaban J connectivity index is 1.56. The van der Waals surface area contributed by atoms with Crippen molar-refractivity contribution in [2.75, 3.05) is 11.1 Å². The summed E-state index contributed by atoms with van der Waals surface area (Å²) >= 11 is 5.95. The molecule has 33 heavy (non-hydrogen) atoms. The van der Waals surface area contributed by atoms with Crippen LogP contribution in [0, 0.1) is 0 Å². The molecule has 1 aromatic heterocycles. The number of benzene rings is 2. The average molecular weight is 469 g/mol. The molecule has 0 aliphatic heterocycles. The lowest BCUT2D eigenvalue weighted by molar-refractivity contribution is 0.0928. The molecule has 0 saturated heterocycles. The number of nitrogen functional groups attached to an aromatic ring is 1. The summed E-state index contributed by atoms with van der Waals surface area (Å²) in [6.45, 7) is -0.670. The van der Waals surface area contributed by atoms with Crippen LogP contribution in [-0.4, -0.2) is 22.0 Å². The number of nitrogens with zero attached hydrogens (tertiary/aromatic N) is 1. The molecule has 1 aliphatic rings. The maximum Gasteiger partial charge on any atom is 0.255 e. The van der Waals surface area contributed by atoms with Crippen molar-refractivity contribution in [1.82, 2.24) is 10.3 Å². The Bertz CT molecular complexity index is 1170. The van der Waals surface area contributed by atoms with Gasteiger partial charge < -0.3 is 21.5 Å². The molecule has 1 heterocycles. The molecule has 4 rings (SSSR count). The molecule has 172 valence electrons. The molecule has 2 aromatic carbocycles. The number of alkyl halides is 1. The second-order valence-corrected chi connectivity index (χ2v) is 8.67. The first-order valence-corrected chi connectivity index (χ1v) is 11.3. The fourth-order valence-corrected chi connectivity index (χ4v) is 4.29. The molecule has 0 bridgehead atoms. The van der Waals surface area contributed by atoms with Crippen LogP contribution in [0.4, 0.5) is 21.6 Å². The number of nitrogens with one attached hydrogen (secondary N) is 2. The van der Waals surface area contributed by atoms with E-state index in [1.165, 1.54) is 12.5 Å². The third-order valence-electron chi connectivity index (χ3n) is 5.87. The van der Waals surface area contributed by atoms with E-state index in [0.29, 0.717) is 38.8 Å². The van der Waals surface area contributed by atoms with Crippen molar-refractivity contribution in [3.8, 4) is 17.0 Å². The molecular weight excluding hydrogens is 443 g/mol. The Morgan fingerprint density at radius 1 is 1.12 bits per heavy atom. The zero-order chi connectivity index (χ0) is 23.4. The predicted octanol–water partition coefficient (Wildman–Crippen LogP) is 5.97. The van der Waals surface area contributed by atoms with Crippen LogP contribution in [0.1, 0.15) is 48.0 Å². The SMILES string of the molecule is Nc1nc(-c2cc(Nc3ccc(Cl)cc3CF)ccc2O)ccc1C(=O)NC1CCCCC1. The van der Waals surface area contributed by atoms with E-state index >= 15 is 0 Å². The third-order valence-corrected chi connectivity index (χ3v) is 6.11. The first-order valence-electron chi connectivity index (χ1n) is 11.0. The number of aromatic hydroxyl groups is 1. The lowest BCUT2D eigenvalue weighted by Crippen LogP contribution is -2.36. The van der Waals surface area contributed by atoms with E-state index in [1.54, 1.807) is 42.5 Å². The van der Waals surface area contributed by atoms with Crippen molar-refractivity contribution in [3.63, 3.8) is 0 Å². The molecule has 0 radical (unpaired) electrons. The van der Waals surface area contributed by atoms with Gasteiger partial charge in [0.05, 0.1) is 11.3 Å². The van der Waals surface area contributed by atoms with Crippen molar-refractivity contribution in [1.29, 1.82) is 0 Å². The molecule has 1 fully saturated rings. The second kappa shape index (κ2) is 10.1. The van der Waals surface area contributed by atoms with Gasteiger partial charge in [0.15, 0.2) is 0 Å². The van der Waals surface area contributed by atoms with Gasteiger partial charge in [0.1, 0.15) is 18.2 Å². The molecule has 1 aliphatic carbocycles. The van der Waals surface area contributed by atoms with Gasteiger partial charge in [-0.1, -0.05) is 30.9 Å². The Morgan fingerprint density at radius 2 is 1.91 bits per heavy atom. The van der Waals surface area contributed by atoms with Gasteiger partial charge in [-0.3, -0.25) is 4.79 Å². The summed E-state index contributed by atoms with van der Waals surface area (Å²) in [5.41, 5.74) is 8.89. The van der Waals surface area contributed by atoms with Crippen LogP contribution in [-0.2, 0) is 6.67 Å². The van der Waals surface area contributed by atoms with Gasteiger partial charge in [-0.15, -0.1) is 0 Å². The highest BCUT2D eigenvalue weighted by molar-refractivity contribution is 6.30. The Hall–Kier alpha value is -3.32. The summed E-state index contributed by atoms with van der Waals surface area (Å²) in [6.07, 6.45) is 5.38. The zero-order valence-corrected chi connectivity index (χ0v) is 18.8. The highest BCUT2D eigenvalue weighted by Crippen LogP contribution is 2.34. The number of aromatic nitrogens is 1. The zero-order valence-electron chi connectivity index (χ0n) is 18.1. The number of phenolic OH excluding ortho intramolecular Hbond substituents is 1. The molecule has 8 heteroatoms. The minimum atomic E-state index is -0.670. The minimum Gasteiger partial charge on any atom is -0.507 e. The highest BCUT2D eigenvalue weighted by atomic mass is 35.5. The Morgan fingerprint density at radius 3 is 2.64 bits per heavy atom. The number of carbonyl (C=O) groups is 1. The summed E-state index contributed by atoms with van der Waals surface area (Å²) < 4.78 is 13.4. The number of carbonyl (C=O) groups excluding carboxylic acids is 1. The predicted molar refractivity (Wildman–Crippen MR) is 130 cm³/mol. The van der Waals surface area contributed by atoms with Crippen LogP contribution in [0.5, 0.6) is 5.75 Å². The molecule has 1 amide bonds. The Labute approximate surface area is 197 Å². The van der Waals surface area contributed by atoms with E-state index in [-0.39, 0.29) is 23.5 Å². The van der Waals surface area contributed by atoms with Crippen molar-refractivity contribution >= 4 is 34.7 Å². The first-order chi connectivity index (χ1) is 15.9. The molecule has 0 atom stereocenters. The fraction of sp³-hybridized carbons (Fsp3) is 0.280. The van der Waals surface area contributed by atoms with Gasteiger partial charge in [-0.25, -0.2) is 9.37 Å². The Kier molecular flexibility index (Phi) is 6.99. The molecule has 3 aromatic rings. The van der Waals surface area contributed by atoms with Crippen molar-refractivity contribution in [2.24, 2.45) is 0 Å². The number of halogens is 2. The highest BCUT2D eigenvalue weighted by Gasteiger charge is 2.19. The van der Waals surface area contributed by atoms with Crippen LogP contribution in [0.2, 0.25) is 5.02 Å². The van der Waals surface area contributed by atoms with Gasteiger partial charge in [-0.2, -0.15) is 0 Å². The molecule has 6 nitrogen and oxygen atoms in total. The molecule has 1 saturated carbocycles. The number of phenols is 1. The summed E-state index contributed by atoms with van der Waals surface area (Å²) in [5.74, 6) is -0.135. The van der Waals surface area contributed by atoms with Gasteiger partial charge in [-0.05, 0) is 61.4 Å². The average Bonchev–Trinajstić information content (AvgIpc) is 2.81. The molecule has 0 unspecified atom stereocenters. The van der Waals surface area contributed by atoms with Crippen LogP contribution in [0.3, 0.4) is 0 Å². The second-order valence-electron chi connectivity index (χ2n) is 8.23. The fourth-order valence-electron chi connectivity index (χ4n) is 4.10. The van der Waals surface area contributed by atoms with Gasteiger partial charge in [0, 0.05) is 33.6 Å². The number of pyridine rings is 1. The number of hydrogen-bond donors (Lipinski definition) is 4. The van der Waals surface area contributed by atoms with Crippen LogP contribution in [0.25, 0.3) is 11.3 Å². The maximum absolute atomic E-state index is 13.4. The lowest BCUT2D eigenvalue weighted by Gasteiger charge is -2.23. The van der Waals surface area contributed by atoms with Gasteiger partial charge in [0.2, 0.25) is 0 Å². The normalized spacial score (nSPS) is 14.1. The minimum absolute atomic E-state index is 0.00804. The summed E-state index contributed by atoms with van der Waals surface area (Å²) in [4.78, 5) is 17.0. The monoisotopic (exact) mass is 468 g/mol. The van der Waals surface area contributed by atoms with Crippen LogP contribution in [0.15, 0.2) is 48.5 Å². The van der Waals surface area contributed by atoms with E-state index < -0.39 is 6.67 Å².